The first kappa shape index (κ1) is 79.5. The smallest absolute Gasteiger partial charge is 0.408 e. The van der Waals surface area contributed by atoms with Crippen LogP contribution in [0, 0.1) is 20.2 Å². The lowest BCUT2D eigenvalue weighted by atomic mass is 9.97. The van der Waals surface area contributed by atoms with Crippen LogP contribution in [0.1, 0.15) is 206 Å². The maximum Gasteiger partial charge on any atom is 0.408 e. The minimum Gasteiger partial charge on any atom is -0.493 e. The second-order valence-corrected chi connectivity index (χ2v) is 28.9. The molecule has 2 aliphatic rings. The van der Waals surface area contributed by atoms with Crippen LogP contribution in [0.2, 0.25) is 0 Å². The Morgan fingerprint density at radius 3 is 1.07 bits per heavy atom. The van der Waals surface area contributed by atoms with Gasteiger partial charge in [0.1, 0.15) is 34.8 Å². The monoisotopic (exact) mass is 1450 g/mol. The van der Waals surface area contributed by atoms with E-state index in [0.29, 0.717) is 138 Å². The van der Waals surface area contributed by atoms with Gasteiger partial charge in [-0.25, -0.2) is 29.1 Å². The molecule has 22 nitrogen and oxygen atoms in total. The Morgan fingerprint density at radius 1 is 0.425 bits per heavy atom. The number of alkyl carbamates (subject to hydrolysis) is 2. The van der Waals surface area contributed by atoms with Gasteiger partial charge in [0.15, 0.2) is 0 Å². The van der Waals surface area contributed by atoms with Crippen molar-refractivity contribution in [2.45, 2.75) is 208 Å². The van der Waals surface area contributed by atoms with Crippen LogP contribution < -0.4 is 20.1 Å². The summed E-state index contributed by atoms with van der Waals surface area (Å²) in [5.74, 6) is -0.242. The number of aromatic nitrogens is 4. The van der Waals surface area contributed by atoms with E-state index < -0.39 is 57.3 Å². The van der Waals surface area contributed by atoms with Gasteiger partial charge in [0, 0.05) is 92.6 Å². The molecule has 106 heavy (non-hydrogen) atoms. The first-order valence-corrected chi connectivity index (χ1v) is 37.4. The van der Waals surface area contributed by atoms with Crippen molar-refractivity contribution in [1.29, 1.82) is 0 Å². The average Bonchev–Trinajstić information content (AvgIpc) is 1.59. The minimum absolute atomic E-state index is 0.00829. The molecule has 562 valence electrons. The predicted molar refractivity (Wildman–Crippen MR) is 417 cm³/mol. The zero-order valence-corrected chi connectivity index (χ0v) is 62.9. The molecule has 3 aromatic heterocycles. The second-order valence-electron chi connectivity index (χ2n) is 28.9. The maximum atomic E-state index is 14.2. The number of rotatable bonds is 36. The van der Waals surface area contributed by atoms with Crippen LogP contribution in [0.5, 0.6) is 11.5 Å². The fourth-order valence-electron chi connectivity index (χ4n) is 12.7. The van der Waals surface area contributed by atoms with Gasteiger partial charge in [-0.1, -0.05) is 117 Å². The van der Waals surface area contributed by atoms with Crippen molar-refractivity contribution in [3.05, 3.63) is 163 Å². The summed E-state index contributed by atoms with van der Waals surface area (Å²) >= 11 is 0. The molecule has 0 saturated heterocycles. The fraction of sp³-hybridized carbons (Fsp3) is 0.429. The lowest BCUT2D eigenvalue weighted by molar-refractivity contribution is -0.385. The number of aromatic amines is 2. The number of hydrogen-bond donors (Lipinski definition) is 4. The van der Waals surface area contributed by atoms with Gasteiger partial charge in [-0.3, -0.25) is 20.2 Å². The zero-order chi connectivity index (χ0) is 75.9. The highest BCUT2D eigenvalue weighted by molar-refractivity contribution is 6.01. The van der Waals surface area contributed by atoms with Crippen molar-refractivity contribution in [2.24, 2.45) is 0 Å². The minimum atomic E-state index is -1.17. The van der Waals surface area contributed by atoms with Gasteiger partial charge in [0.25, 0.3) is 11.4 Å². The molecule has 9 rings (SSSR count). The Morgan fingerprint density at radius 2 is 0.745 bits per heavy atom. The number of nitro groups is 2. The van der Waals surface area contributed by atoms with Crippen molar-refractivity contribution < 1.29 is 57.4 Å². The first-order chi connectivity index (χ1) is 50.9. The molecule has 2 atom stereocenters. The van der Waals surface area contributed by atoms with Crippen molar-refractivity contribution >= 4 is 81.9 Å². The van der Waals surface area contributed by atoms with E-state index in [1.165, 1.54) is 24.3 Å². The summed E-state index contributed by atoms with van der Waals surface area (Å²) in [5.41, 5.74) is 8.05. The topological polar surface area (TPSA) is 291 Å². The van der Waals surface area contributed by atoms with Gasteiger partial charge in [0.2, 0.25) is 0 Å². The maximum absolute atomic E-state index is 14.2. The third kappa shape index (κ3) is 22.2. The number of fused-ring (bicyclic) bond motifs is 8. The van der Waals surface area contributed by atoms with E-state index in [1.807, 2.05) is 85.0 Å². The van der Waals surface area contributed by atoms with Crippen LogP contribution in [0.3, 0.4) is 0 Å². The van der Waals surface area contributed by atoms with Gasteiger partial charge in [0.05, 0.1) is 59.0 Å². The van der Waals surface area contributed by atoms with E-state index in [-0.39, 0.29) is 37.4 Å². The Labute approximate surface area is 620 Å². The standard InChI is InChI=1S/C84H102N8O14/c1-11-15-19-23-47-101-73-45-27-55(53-71(89-81(95)105-83(5,6)7)79(93)103-49-25-21-17-13-3)51-61(73)77-67-41-37-63(85-67)75(57-29-33-59(34-30-57)91(97)98)65-39-43-69(87-65)78(70-44-40-66(88-70)76(64-38-42-68(77)86-64)58-31-35-60(36-32-58)92(99)100)62-52-56(28-46-74(62)102-48-24-20-16-12-2)54-72(90-82(96)106-84(8,9)10)80(94)104-50-26-22-18-14-4/h27-46,51-52,71-72,85,88H,11-26,47-50,53-54H2,1-10H3,(H,89,95)(H,90,96)/t71-,72-/m1/s1. The summed E-state index contributed by atoms with van der Waals surface area (Å²) in [6.45, 7) is 20.0. The molecular formula is C84H102N8O14. The zero-order valence-electron chi connectivity index (χ0n) is 62.9. The van der Waals surface area contributed by atoms with Crippen LogP contribution in [0.25, 0.3) is 90.9 Å². The van der Waals surface area contributed by atoms with E-state index in [0.717, 1.165) is 89.9 Å². The number of H-pyrrole nitrogens is 2. The van der Waals surface area contributed by atoms with E-state index in [1.54, 1.807) is 65.8 Å². The van der Waals surface area contributed by atoms with Gasteiger partial charge >= 0.3 is 24.1 Å². The molecule has 0 fully saturated rings. The number of hydrogen-bond acceptors (Lipinski definition) is 16. The third-order valence-corrected chi connectivity index (χ3v) is 17.9. The lowest BCUT2D eigenvalue weighted by Gasteiger charge is -2.23. The fourth-order valence-corrected chi connectivity index (χ4v) is 12.7. The van der Waals surface area contributed by atoms with Crippen LogP contribution in [0.15, 0.2) is 109 Å². The van der Waals surface area contributed by atoms with Crippen molar-refractivity contribution in [2.75, 3.05) is 26.4 Å². The van der Waals surface area contributed by atoms with E-state index in [2.05, 4.69) is 48.3 Å². The second kappa shape index (κ2) is 37.9. The van der Waals surface area contributed by atoms with Crippen molar-refractivity contribution in [3.8, 4) is 56.0 Å². The molecule has 8 bridgehead atoms. The summed E-state index contributed by atoms with van der Waals surface area (Å²) in [5, 5.41) is 30.3. The van der Waals surface area contributed by atoms with Gasteiger partial charge in [-0.2, -0.15) is 0 Å². The molecule has 0 unspecified atom stereocenters. The van der Waals surface area contributed by atoms with Gasteiger partial charge in [-0.15, -0.1) is 0 Å². The number of benzene rings is 4. The molecule has 0 aliphatic carbocycles. The van der Waals surface area contributed by atoms with Crippen LogP contribution in [0.4, 0.5) is 21.0 Å². The number of non-ortho nitro benzene ring substituents is 2. The van der Waals surface area contributed by atoms with Crippen molar-refractivity contribution in [1.82, 2.24) is 30.6 Å². The summed E-state index contributed by atoms with van der Waals surface area (Å²) in [6, 6.07) is 29.2. The van der Waals surface area contributed by atoms with E-state index >= 15 is 0 Å². The largest absolute Gasteiger partial charge is 0.493 e. The lowest BCUT2D eigenvalue weighted by Crippen LogP contribution is -2.45. The molecule has 4 aromatic carbocycles. The molecule has 7 aromatic rings. The van der Waals surface area contributed by atoms with Crippen LogP contribution >= 0.6 is 0 Å². The molecule has 4 N–H and O–H groups in total. The molecular weight excluding hydrogens is 1340 g/mol. The average molecular weight is 1450 g/mol. The van der Waals surface area contributed by atoms with Gasteiger partial charge < -0.3 is 49.0 Å². The molecule has 22 heteroatoms. The number of carbonyl (C=O) groups excluding carboxylic acids is 4. The molecule has 0 spiro atoms. The normalized spacial score (nSPS) is 12.5. The number of amides is 2. The molecule has 2 aliphatic heterocycles. The van der Waals surface area contributed by atoms with Crippen LogP contribution in [-0.4, -0.2) is 104 Å². The Balaban J connectivity index is 1.35. The molecule has 0 radical (unpaired) electrons. The van der Waals surface area contributed by atoms with Crippen molar-refractivity contribution in [3.63, 3.8) is 0 Å². The summed E-state index contributed by atoms with van der Waals surface area (Å²) in [6.07, 6.45) is 20.4. The Kier molecular flexibility index (Phi) is 28.4. The Hall–Kier alpha value is -10.6. The highest BCUT2D eigenvalue weighted by Gasteiger charge is 2.31. The predicted octanol–water partition coefficient (Wildman–Crippen LogP) is 20.2. The SMILES string of the molecule is CCCCCCOC(=O)[C@@H](Cc1ccc(OCCCCCC)c(-c2c3nc(c(-c4ccc([N+](=O)[O-])cc4)c4ccc([nH]4)c(-c4cc(C[C@@H](NC(=O)OC(C)(C)C)C(=O)OCCCCCC)ccc4OCCCCCC)c4nc(c(-c5ccc([N+](=O)[O-])cc5)c5ccc2[nH]5)C=C4)C=C3)c1)NC(=O)OC(C)(C)C. The molecule has 0 saturated carbocycles. The number of carbonyl (C=O) groups is 4. The number of nitrogens with one attached hydrogen (secondary N) is 4. The number of esters is 2. The number of nitrogens with zero attached hydrogens (tertiary/aromatic N) is 4. The van der Waals surface area contributed by atoms with E-state index in [4.69, 9.17) is 38.4 Å². The quantitative estimate of drug-likeness (QED) is 0.00933. The first-order valence-electron chi connectivity index (χ1n) is 37.4. The summed E-state index contributed by atoms with van der Waals surface area (Å²) < 4.78 is 36.8. The van der Waals surface area contributed by atoms with Gasteiger partial charge in [-0.05, 0) is 187 Å². The van der Waals surface area contributed by atoms with E-state index in [9.17, 15) is 39.4 Å². The number of ether oxygens (including phenoxy) is 6. The highest BCUT2D eigenvalue weighted by Crippen LogP contribution is 2.43. The number of nitro benzene ring substituents is 2. The molecule has 5 heterocycles. The summed E-state index contributed by atoms with van der Waals surface area (Å²) in [7, 11) is 0. The molecule has 2 amide bonds. The number of unbranched alkanes of at least 4 members (excludes halogenated alkanes) is 12. The third-order valence-electron chi connectivity index (χ3n) is 17.9. The van der Waals surface area contributed by atoms with Crippen LogP contribution in [-0.2, 0) is 41.4 Å². The Bertz CT molecular complexity index is 4180. The summed E-state index contributed by atoms with van der Waals surface area (Å²) in [4.78, 5) is 98.0. The highest BCUT2D eigenvalue weighted by atomic mass is 16.6.